The van der Waals surface area contributed by atoms with Crippen LogP contribution in [-0.4, -0.2) is 43.7 Å². The van der Waals surface area contributed by atoms with Gasteiger partial charge in [-0.25, -0.2) is 0 Å². The van der Waals surface area contributed by atoms with Crippen LogP contribution in [0.15, 0.2) is 0 Å². The smallest absolute Gasteiger partial charge is 0.304 e. The summed E-state index contributed by atoms with van der Waals surface area (Å²) in [6, 6.07) is 2.73. The number of rotatable bonds is 2. The van der Waals surface area contributed by atoms with E-state index in [-0.39, 0.29) is 6.04 Å². The third-order valence-electron chi connectivity index (χ3n) is 2.96. The van der Waals surface area contributed by atoms with Gasteiger partial charge in [-0.2, -0.15) is 0 Å². The zero-order valence-electron chi connectivity index (χ0n) is 8.71. The number of carboxylic acids is 1. The van der Waals surface area contributed by atoms with Gasteiger partial charge in [-0.05, 0) is 25.7 Å². The van der Waals surface area contributed by atoms with E-state index in [2.05, 4.69) is 18.0 Å². The zero-order chi connectivity index (χ0) is 10.1. The molecular formula is C9H19NO2Si. The van der Waals surface area contributed by atoms with Crippen LogP contribution in [0.1, 0.15) is 6.42 Å². The van der Waals surface area contributed by atoms with Crippen molar-refractivity contribution >= 4 is 14.0 Å². The van der Waals surface area contributed by atoms with Crippen molar-refractivity contribution in [3.05, 3.63) is 0 Å². The average molecular weight is 201 g/mol. The lowest BCUT2D eigenvalue weighted by Crippen LogP contribution is -2.48. The van der Waals surface area contributed by atoms with E-state index in [1.807, 2.05) is 7.05 Å². The van der Waals surface area contributed by atoms with Crippen LogP contribution < -0.4 is 0 Å². The summed E-state index contributed by atoms with van der Waals surface area (Å²) in [5, 5.41) is 8.74. The van der Waals surface area contributed by atoms with Crippen LogP contribution in [0.25, 0.3) is 0 Å². The van der Waals surface area contributed by atoms with Gasteiger partial charge in [-0.1, -0.05) is 13.1 Å². The van der Waals surface area contributed by atoms with E-state index in [0.29, 0.717) is 6.42 Å². The maximum atomic E-state index is 10.6. The van der Waals surface area contributed by atoms with Crippen LogP contribution in [0.2, 0.25) is 25.2 Å². The summed E-state index contributed by atoms with van der Waals surface area (Å²) in [6.07, 6.45) is 0.312. The maximum absolute atomic E-state index is 10.6. The molecule has 0 aromatic carbocycles. The highest BCUT2D eigenvalue weighted by atomic mass is 28.3. The largest absolute Gasteiger partial charge is 0.481 e. The Kier molecular flexibility index (Phi) is 3.13. The summed E-state index contributed by atoms with van der Waals surface area (Å²) in [4.78, 5) is 12.8. The van der Waals surface area contributed by atoms with Crippen molar-refractivity contribution in [3.63, 3.8) is 0 Å². The van der Waals surface area contributed by atoms with Crippen molar-refractivity contribution < 1.29 is 9.90 Å². The predicted molar refractivity (Wildman–Crippen MR) is 55.8 cm³/mol. The molecule has 76 valence electrons. The molecule has 0 aromatic rings. The van der Waals surface area contributed by atoms with E-state index in [9.17, 15) is 4.79 Å². The minimum absolute atomic E-state index is 0.285. The molecule has 1 fully saturated rings. The second-order valence-corrected chi connectivity index (χ2v) is 10.1. The zero-order valence-corrected chi connectivity index (χ0v) is 9.71. The normalized spacial score (nSPS) is 28.7. The molecule has 1 N–H and O–H groups in total. The van der Waals surface area contributed by atoms with E-state index >= 15 is 0 Å². The molecule has 0 bridgehead atoms. The first-order valence-corrected chi connectivity index (χ1v) is 8.24. The predicted octanol–water partition coefficient (Wildman–Crippen LogP) is 1.48. The van der Waals surface area contributed by atoms with E-state index < -0.39 is 14.0 Å². The van der Waals surface area contributed by atoms with Gasteiger partial charge in [-0.15, -0.1) is 0 Å². The highest BCUT2D eigenvalue weighted by molar-refractivity contribution is 6.77. The Balaban J connectivity index is 2.55. The fraction of sp³-hybridized carbons (Fsp3) is 0.889. The average Bonchev–Trinajstić information content (AvgIpc) is 1.95. The van der Waals surface area contributed by atoms with Crippen molar-refractivity contribution in [1.82, 2.24) is 4.90 Å². The molecule has 1 aliphatic rings. The number of nitrogens with zero attached hydrogens (tertiary/aromatic N) is 1. The molecular weight excluding hydrogens is 182 g/mol. The molecule has 3 nitrogen and oxygen atoms in total. The molecule has 1 heterocycles. The lowest BCUT2D eigenvalue weighted by Gasteiger charge is -2.39. The summed E-state index contributed by atoms with van der Waals surface area (Å²) < 4.78 is 0. The van der Waals surface area contributed by atoms with Gasteiger partial charge in [0.15, 0.2) is 0 Å². The number of hydrogen-bond acceptors (Lipinski definition) is 2. The third-order valence-corrected chi connectivity index (χ3v) is 6.12. The first-order chi connectivity index (χ1) is 5.91. The van der Waals surface area contributed by atoms with Gasteiger partial charge in [0, 0.05) is 6.04 Å². The topological polar surface area (TPSA) is 40.5 Å². The quantitative estimate of drug-likeness (QED) is 0.688. The third kappa shape index (κ3) is 3.12. The Bertz CT molecular complexity index is 206. The van der Waals surface area contributed by atoms with Gasteiger partial charge in [0.05, 0.1) is 14.5 Å². The number of carboxylic acid groups (broad SMARTS) is 1. The molecule has 1 saturated heterocycles. The minimum Gasteiger partial charge on any atom is -0.481 e. The van der Waals surface area contributed by atoms with Crippen molar-refractivity contribution in [2.45, 2.75) is 37.6 Å². The monoisotopic (exact) mass is 201 g/mol. The van der Waals surface area contributed by atoms with Gasteiger partial charge < -0.3 is 10.0 Å². The van der Waals surface area contributed by atoms with E-state index in [4.69, 9.17) is 5.11 Å². The molecule has 0 aromatic heterocycles. The molecule has 0 spiro atoms. The minimum atomic E-state index is -1.07. The summed E-state index contributed by atoms with van der Waals surface area (Å²) in [5.41, 5.74) is 0. The second kappa shape index (κ2) is 3.80. The summed E-state index contributed by atoms with van der Waals surface area (Å²) >= 11 is 0. The summed E-state index contributed by atoms with van der Waals surface area (Å²) in [5.74, 6) is -0.663. The lowest BCUT2D eigenvalue weighted by atomic mass is 10.2. The molecule has 1 unspecified atom stereocenters. The van der Waals surface area contributed by atoms with Crippen molar-refractivity contribution in [3.8, 4) is 0 Å². The lowest BCUT2D eigenvalue weighted by molar-refractivity contribution is -0.138. The van der Waals surface area contributed by atoms with Gasteiger partial charge in [0.25, 0.3) is 0 Å². The van der Waals surface area contributed by atoms with E-state index in [1.54, 1.807) is 0 Å². The molecule has 4 heteroatoms. The molecule has 1 rings (SSSR count). The van der Waals surface area contributed by atoms with Crippen LogP contribution >= 0.6 is 0 Å². The fourth-order valence-electron chi connectivity index (χ4n) is 1.99. The molecule has 1 aliphatic heterocycles. The maximum Gasteiger partial charge on any atom is 0.304 e. The summed E-state index contributed by atoms with van der Waals surface area (Å²) in [7, 11) is 0.972. The van der Waals surface area contributed by atoms with Crippen LogP contribution in [0.4, 0.5) is 0 Å². The van der Waals surface area contributed by atoms with E-state index in [0.717, 1.165) is 12.6 Å². The Morgan fingerprint density at radius 3 is 2.77 bits per heavy atom. The summed E-state index contributed by atoms with van der Waals surface area (Å²) in [6.45, 7) is 5.79. The Morgan fingerprint density at radius 2 is 2.23 bits per heavy atom. The van der Waals surface area contributed by atoms with Gasteiger partial charge in [0.2, 0.25) is 0 Å². The molecule has 0 saturated carbocycles. The Morgan fingerprint density at radius 1 is 1.62 bits per heavy atom. The molecule has 1 atom stereocenters. The van der Waals surface area contributed by atoms with Crippen LogP contribution in [0.3, 0.4) is 0 Å². The molecule has 0 amide bonds. The molecule has 13 heavy (non-hydrogen) atoms. The van der Waals surface area contributed by atoms with Gasteiger partial charge in [0.1, 0.15) is 0 Å². The number of hydrogen-bond donors (Lipinski definition) is 1. The Hall–Kier alpha value is -0.353. The van der Waals surface area contributed by atoms with Gasteiger partial charge in [-0.3, -0.25) is 4.79 Å². The Labute approximate surface area is 80.7 Å². The van der Waals surface area contributed by atoms with E-state index in [1.165, 1.54) is 6.04 Å². The highest BCUT2D eigenvalue weighted by Crippen LogP contribution is 2.27. The highest BCUT2D eigenvalue weighted by Gasteiger charge is 2.33. The molecule has 0 radical (unpaired) electrons. The van der Waals surface area contributed by atoms with Crippen LogP contribution in [0, 0.1) is 0 Å². The molecule has 0 aliphatic carbocycles. The second-order valence-electron chi connectivity index (χ2n) is 4.85. The van der Waals surface area contributed by atoms with Crippen molar-refractivity contribution in [2.24, 2.45) is 0 Å². The first-order valence-electron chi connectivity index (χ1n) is 4.83. The van der Waals surface area contributed by atoms with Crippen molar-refractivity contribution in [1.29, 1.82) is 0 Å². The van der Waals surface area contributed by atoms with Crippen molar-refractivity contribution in [2.75, 3.05) is 13.6 Å². The SMILES string of the molecule is CN1CC[Si](C)(C)CC1CC(=O)O. The number of aliphatic carboxylic acids is 1. The van der Waals surface area contributed by atoms with Gasteiger partial charge >= 0.3 is 5.97 Å². The first kappa shape index (κ1) is 10.7. The standard InChI is InChI=1S/C9H19NO2Si/c1-10-4-5-13(2,3)7-8(10)6-9(11)12/h8H,4-7H2,1-3H3,(H,11,12). The number of carbonyl (C=O) groups is 1. The van der Waals surface area contributed by atoms with Crippen LogP contribution in [-0.2, 0) is 4.79 Å². The van der Waals surface area contributed by atoms with Crippen LogP contribution in [0.5, 0.6) is 0 Å². The fourth-order valence-corrected chi connectivity index (χ4v) is 4.88.